The van der Waals surface area contributed by atoms with Crippen molar-refractivity contribution < 1.29 is 0 Å². The standard InChI is InChI=1S/C8H14N4/c1-3-4-5-12(2)8-10-6-9-7-11-8/h6-7H,3-5H2,1-2H3. The predicted octanol–water partition coefficient (Wildman–Crippen LogP) is 1.11. The molecule has 0 N–H and O–H groups in total. The summed E-state index contributed by atoms with van der Waals surface area (Å²) < 4.78 is 0. The molecular weight excluding hydrogens is 152 g/mol. The maximum absolute atomic E-state index is 4.04. The van der Waals surface area contributed by atoms with E-state index in [9.17, 15) is 0 Å². The first-order valence-electron chi connectivity index (χ1n) is 4.17. The fraction of sp³-hybridized carbons (Fsp3) is 0.625. The number of unbranched alkanes of at least 4 members (excludes halogenated alkanes) is 1. The van der Waals surface area contributed by atoms with E-state index in [1.54, 1.807) is 0 Å². The molecule has 0 spiro atoms. The number of anilines is 1. The fourth-order valence-electron chi connectivity index (χ4n) is 0.925. The lowest BCUT2D eigenvalue weighted by Crippen LogP contribution is -2.20. The van der Waals surface area contributed by atoms with E-state index in [0.717, 1.165) is 12.5 Å². The van der Waals surface area contributed by atoms with Crippen molar-refractivity contribution in [1.82, 2.24) is 15.0 Å². The van der Waals surface area contributed by atoms with E-state index < -0.39 is 0 Å². The fourth-order valence-corrected chi connectivity index (χ4v) is 0.925. The van der Waals surface area contributed by atoms with Gasteiger partial charge in [0, 0.05) is 13.6 Å². The van der Waals surface area contributed by atoms with Gasteiger partial charge in [-0.25, -0.2) is 15.0 Å². The van der Waals surface area contributed by atoms with Crippen LogP contribution in [-0.4, -0.2) is 28.5 Å². The second-order valence-corrected chi connectivity index (χ2v) is 2.71. The van der Waals surface area contributed by atoms with E-state index >= 15 is 0 Å². The quantitative estimate of drug-likeness (QED) is 0.672. The maximum Gasteiger partial charge on any atom is 0.228 e. The molecule has 1 rings (SSSR count). The Morgan fingerprint density at radius 3 is 2.58 bits per heavy atom. The van der Waals surface area contributed by atoms with Gasteiger partial charge < -0.3 is 4.90 Å². The van der Waals surface area contributed by atoms with Crippen LogP contribution in [0.3, 0.4) is 0 Å². The Kier molecular flexibility index (Phi) is 3.44. The lowest BCUT2D eigenvalue weighted by atomic mass is 10.3. The average Bonchev–Trinajstić information content (AvgIpc) is 2.15. The van der Waals surface area contributed by atoms with Gasteiger partial charge in [-0.3, -0.25) is 0 Å². The number of aromatic nitrogens is 3. The highest BCUT2D eigenvalue weighted by Crippen LogP contribution is 2.01. The molecule has 1 heterocycles. The van der Waals surface area contributed by atoms with Crippen molar-refractivity contribution in [3.05, 3.63) is 12.7 Å². The van der Waals surface area contributed by atoms with Crippen LogP contribution >= 0.6 is 0 Å². The van der Waals surface area contributed by atoms with Gasteiger partial charge in [0.05, 0.1) is 0 Å². The molecule has 0 fully saturated rings. The molecule has 0 aromatic carbocycles. The second-order valence-electron chi connectivity index (χ2n) is 2.71. The van der Waals surface area contributed by atoms with E-state index in [2.05, 4.69) is 21.9 Å². The van der Waals surface area contributed by atoms with Crippen LogP contribution < -0.4 is 4.90 Å². The van der Waals surface area contributed by atoms with Gasteiger partial charge in [0.1, 0.15) is 12.7 Å². The molecule has 1 aromatic heterocycles. The van der Waals surface area contributed by atoms with Crippen LogP contribution in [-0.2, 0) is 0 Å². The zero-order chi connectivity index (χ0) is 8.81. The topological polar surface area (TPSA) is 41.9 Å². The van der Waals surface area contributed by atoms with Gasteiger partial charge in [0.2, 0.25) is 5.95 Å². The van der Waals surface area contributed by atoms with E-state index in [1.165, 1.54) is 25.5 Å². The Morgan fingerprint density at radius 2 is 2.00 bits per heavy atom. The van der Waals surface area contributed by atoms with Crippen LogP contribution in [0.5, 0.6) is 0 Å². The van der Waals surface area contributed by atoms with E-state index in [0.29, 0.717) is 0 Å². The third kappa shape index (κ3) is 2.45. The number of nitrogens with zero attached hydrogens (tertiary/aromatic N) is 4. The van der Waals surface area contributed by atoms with Gasteiger partial charge in [0.15, 0.2) is 0 Å². The van der Waals surface area contributed by atoms with Crippen LogP contribution in [0.15, 0.2) is 12.7 Å². The highest BCUT2D eigenvalue weighted by atomic mass is 15.2. The average molecular weight is 166 g/mol. The molecule has 0 bridgehead atoms. The summed E-state index contributed by atoms with van der Waals surface area (Å²) in [7, 11) is 1.99. The van der Waals surface area contributed by atoms with Crippen LogP contribution in [0.4, 0.5) is 5.95 Å². The van der Waals surface area contributed by atoms with Crippen molar-refractivity contribution >= 4 is 5.95 Å². The molecule has 0 radical (unpaired) electrons. The summed E-state index contributed by atoms with van der Waals surface area (Å²) in [6.07, 6.45) is 5.40. The first kappa shape index (κ1) is 8.90. The third-order valence-electron chi connectivity index (χ3n) is 1.67. The Balaban J connectivity index is 2.48. The van der Waals surface area contributed by atoms with Crippen LogP contribution in [0.25, 0.3) is 0 Å². The van der Waals surface area contributed by atoms with Crippen LogP contribution in [0.2, 0.25) is 0 Å². The number of hydrogen-bond donors (Lipinski definition) is 0. The highest BCUT2D eigenvalue weighted by molar-refractivity contribution is 5.24. The largest absolute Gasteiger partial charge is 0.344 e. The molecule has 0 unspecified atom stereocenters. The van der Waals surface area contributed by atoms with Crippen molar-refractivity contribution in [3.63, 3.8) is 0 Å². The zero-order valence-corrected chi connectivity index (χ0v) is 7.56. The molecule has 0 amide bonds. The van der Waals surface area contributed by atoms with Gasteiger partial charge in [0.25, 0.3) is 0 Å². The summed E-state index contributed by atoms with van der Waals surface area (Å²) in [5.41, 5.74) is 0. The monoisotopic (exact) mass is 166 g/mol. The Labute approximate surface area is 72.7 Å². The second kappa shape index (κ2) is 4.64. The molecule has 1 aromatic rings. The van der Waals surface area contributed by atoms with Gasteiger partial charge in [-0.1, -0.05) is 13.3 Å². The van der Waals surface area contributed by atoms with Gasteiger partial charge in [-0.2, -0.15) is 0 Å². The summed E-state index contributed by atoms with van der Waals surface area (Å²) in [5, 5.41) is 0. The van der Waals surface area contributed by atoms with Crippen molar-refractivity contribution in [2.24, 2.45) is 0 Å². The molecule has 66 valence electrons. The molecule has 0 aliphatic rings. The predicted molar refractivity (Wildman–Crippen MR) is 48.0 cm³/mol. The summed E-state index contributed by atoms with van der Waals surface area (Å²) in [6.45, 7) is 3.17. The lowest BCUT2D eigenvalue weighted by Gasteiger charge is -2.14. The third-order valence-corrected chi connectivity index (χ3v) is 1.67. The molecule has 0 saturated carbocycles. The van der Waals surface area contributed by atoms with Gasteiger partial charge in [-0.05, 0) is 6.42 Å². The molecule has 0 saturated heterocycles. The lowest BCUT2D eigenvalue weighted by molar-refractivity contribution is 0.746. The Morgan fingerprint density at radius 1 is 1.33 bits per heavy atom. The van der Waals surface area contributed by atoms with Crippen molar-refractivity contribution in [1.29, 1.82) is 0 Å². The van der Waals surface area contributed by atoms with Crippen LogP contribution in [0, 0.1) is 0 Å². The van der Waals surface area contributed by atoms with E-state index in [4.69, 9.17) is 0 Å². The van der Waals surface area contributed by atoms with Crippen molar-refractivity contribution in [2.75, 3.05) is 18.5 Å². The minimum absolute atomic E-state index is 0.749. The Hall–Kier alpha value is -1.19. The minimum Gasteiger partial charge on any atom is -0.344 e. The summed E-state index contributed by atoms with van der Waals surface area (Å²) in [6, 6.07) is 0. The van der Waals surface area contributed by atoms with Crippen molar-refractivity contribution in [3.8, 4) is 0 Å². The minimum atomic E-state index is 0.749. The zero-order valence-electron chi connectivity index (χ0n) is 7.56. The first-order valence-corrected chi connectivity index (χ1v) is 4.17. The highest BCUT2D eigenvalue weighted by Gasteiger charge is 2.00. The molecular formula is C8H14N4. The molecule has 4 nitrogen and oxygen atoms in total. The molecule has 0 aliphatic heterocycles. The molecule has 4 heteroatoms. The van der Waals surface area contributed by atoms with Crippen LogP contribution in [0.1, 0.15) is 19.8 Å². The van der Waals surface area contributed by atoms with E-state index in [1.807, 2.05) is 11.9 Å². The molecule has 0 aliphatic carbocycles. The SMILES string of the molecule is CCCCN(C)c1ncncn1. The number of rotatable bonds is 4. The first-order chi connectivity index (χ1) is 5.84. The summed E-state index contributed by atoms with van der Waals surface area (Å²) >= 11 is 0. The number of hydrogen-bond acceptors (Lipinski definition) is 4. The van der Waals surface area contributed by atoms with Gasteiger partial charge in [-0.15, -0.1) is 0 Å². The molecule has 0 atom stereocenters. The van der Waals surface area contributed by atoms with Crippen molar-refractivity contribution in [2.45, 2.75) is 19.8 Å². The molecule has 12 heavy (non-hydrogen) atoms. The normalized spacial score (nSPS) is 9.83. The summed E-state index contributed by atoms with van der Waals surface area (Å²) in [5.74, 6) is 0.749. The maximum atomic E-state index is 4.04. The Bertz CT molecular complexity index is 212. The van der Waals surface area contributed by atoms with Gasteiger partial charge >= 0.3 is 0 Å². The van der Waals surface area contributed by atoms with E-state index in [-0.39, 0.29) is 0 Å². The summed E-state index contributed by atoms with van der Waals surface area (Å²) in [4.78, 5) is 13.9. The smallest absolute Gasteiger partial charge is 0.228 e.